The number of aliphatic hydroxyl groups excluding tert-OH is 1. The van der Waals surface area contributed by atoms with Gasteiger partial charge in [0, 0.05) is 0 Å². The van der Waals surface area contributed by atoms with Crippen LogP contribution < -0.4 is 0 Å². The molecule has 1 aromatic rings. The van der Waals surface area contributed by atoms with Crippen LogP contribution in [0, 0.1) is 0 Å². The average molecular weight is 286 g/mol. The fraction of sp³-hybridized carbons (Fsp3) is 0.571. The SMILES string of the molecule is CCCCCCc1cccc(S(=O)(=O)OCCO)c1. The third kappa shape index (κ3) is 5.72. The maximum absolute atomic E-state index is 11.8. The molecule has 1 N–H and O–H groups in total. The van der Waals surface area contributed by atoms with E-state index in [4.69, 9.17) is 5.11 Å². The summed E-state index contributed by atoms with van der Waals surface area (Å²) in [6.07, 6.45) is 5.49. The van der Waals surface area contributed by atoms with Gasteiger partial charge in [0.05, 0.1) is 18.1 Å². The Kier molecular flexibility index (Phi) is 7.05. The number of hydrogen-bond acceptors (Lipinski definition) is 4. The molecule has 0 fully saturated rings. The normalized spacial score (nSPS) is 11.7. The van der Waals surface area contributed by atoms with Gasteiger partial charge < -0.3 is 5.11 Å². The summed E-state index contributed by atoms with van der Waals surface area (Å²) in [6, 6.07) is 6.82. The standard InChI is InChI=1S/C14H22O4S/c1-2-3-4-5-7-13-8-6-9-14(12-13)19(16,17)18-11-10-15/h6,8-9,12,15H,2-5,7,10-11H2,1H3. The molecule has 0 aliphatic carbocycles. The van der Waals surface area contributed by atoms with E-state index in [1.165, 1.54) is 18.9 Å². The molecule has 0 heterocycles. The van der Waals surface area contributed by atoms with Crippen molar-refractivity contribution in [3.8, 4) is 0 Å². The molecule has 0 amide bonds. The van der Waals surface area contributed by atoms with E-state index < -0.39 is 10.1 Å². The van der Waals surface area contributed by atoms with Crippen molar-refractivity contribution in [2.75, 3.05) is 13.2 Å². The van der Waals surface area contributed by atoms with Crippen LogP contribution in [0.3, 0.4) is 0 Å². The summed E-state index contributed by atoms with van der Waals surface area (Å²) in [7, 11) is -3.74. The van der Waals surface area contributed by atoms with Gasteiger partial charge >= 0.3 is 0 Å². The predicted octanol–water partition coefficient (Wildman–Crippen LogP) is 2.51. The fourth-order valence-electron chi connectivity index (χ4n) is 1.83. The Balaban J connectivity index is 2.66. The molecular weight excluding hydrogens is 264 g/mol. The largest absolute Gasteiger partial charge is 0.394 e. The van der Waals surface area contributed by atoms with Crippen molar-refractivity contribution in [2.45, 2.75) is 43.9 Å². The van der Waals surface area contributed by atoms with Crippen LogP contribution in [0.15, 0.2) is 29.2 Å². The van der Waals surface area contributed by atoms with Gasteiger partial charge in [0.15, 0.2) is 0 Å². The van der Waals surface area contributed by atoms with E-state index in [2.05, 4.69) is 11.1 Å². The van der Waals surface area contributed by atoms with Crippen molar-refractivity contribution < 1.29 is 17.7 Å². The summed E-state index contributed by atoms with van der Waals surface area (Å²) in [5, 5.41) is 8.61. The van der Waals surface area contributed by atoms with Crippen LogP contribution >= 0.6 is 0 Å². The Morgan fingerprint density at radius 3 is 2.68 bits per heavy atom. The quantitative estimate of drug-likeness (QED) is 0.559. The zero-order chi connectivity index (χ0) is 14.1. The number of benzene rings is 1. The van der Waals surface area contributed by atoms with Crippen LogP contribution in [0.4, 0.5) is 0 Å². The number of hydrogen-bond donors (Lipinski definition) is 1. The minimum absolute atomic E-state index is 0.161. The molecule has 0 saturated heterocycles. The molecule has 1 aromatic carbocycles. The predicted molar refractivity (Wildman–Crippen MR) is 74.5 cm³/mol. The van der Waals surface area contributed by atoms with Gasteiger partial charge in [-0.1, -0.05) is 38.3 Å². The summed E-state index contributed by atoms with van der Waals surface area (Å²) < 4.78 is 28.3. The molecule has 4 nitrogen and oxygen atoms in total. The molecule has 0 radical (unpaired) electrons. The van der Waals surface area contributed by atoms with Crippen molar-refractivity contribution in [1.82, 2.24) is 0 Å². The second-order valence-electron chi connectivity index (χ2n) is 4.46. The van der Waals surface area contributed by atoms with E-state index in [1.54, 1.807) is 12.1 Å². The van der Waals surface area contributed by atoms with Gasteiger partial charge in [-0.3, -0.25) is 4.18 Å². The topological polar surface area (TPSA) is 63.6 Å². The molecule has 0 aromatic heterocycles. The van der Waals surface area contributed by atoms with Gasteiger partial charge in [0.2, 0.25) is 0 Å². The van der Waals surface area contributed by atoms with Crippen LogP contribution in [0.5, 0.6) is 0 Å². The average Bonchev–Trinajstić information content (AvgIpc) is 2.42. The van der Waals surface area contributed by atoms with E-state index >= 15 is 0 Å². The molecule has 5 heteroatoms. The van der Waals surface area contributed by atoms with Crippen LogP contribution in [0.2, 0.25) is 0 Å². The first-order valence-electron chi connectivity index (χ1n) is 6.69. The molecule has 108 valence electrons. The molecule has 0 saturated carbocycles. The molecule has 19 heavy (non-hydrogen) atoms. The lowest BCUT2D eigenvalue weighted by molar-refractivity contribution is 0.205. The number of rotatable bonds is 9. The van der Waals surface area contributed by atoms with Gasteiger partial charge in [-0.15, -0.1) is 0 Å². The molecule has 0 aliphatic heterocycles. The van der Waals surface area contributed by atoms with E-state index in [1.807, 2.05) is 6.07 Å². The van der Waals surface area contributed by atoms with Gasteiger partial charge in [-0.25, -0.2) is 0 Å². The van der Waals surface area contributed by atoms with Crippen molar-refractivity contribution in [3.05, 3.63) is 29.8 Å². The highest BCUT2D eigenvalue weighted by Crippen LogP contribution is 2.16. The van der Waals surface area contributed by atoms with Crippen molar-refractivity contribution in [1.29, 1.82) is 0 Å². The summed E-state index contributed by atoms with van der Waals surface area (Å²) in [4.78, 5) is 0.161. The first-order valence-corrected chi connectivity index (χ1v) is 8.10. The Morgan fingerprint density at radius 2 is 2.00 bits per heavy atom. The second kappa shape index (κ2) is 8.30. The summed E-state index contributed by atoms with van der Waals surface area (Å²) >= 11 is 0. The van der Waals surface area contributed by atoms with Gasteiger partial charge in [0.25, 0.3) is 10.1 Å². The highest BCUT2D eigenvalue weighted by atomic mass is 32.2. The number of aliphatic hydroxyl groups is 1. The van der Waals surface area contributed by atoms with Crippen LogP contribution in [-0.4, -0.2) is 26.7 Å². The molecular formula is C14H22O4S. The monoisotopic (exact) mass is 286 g/mol. The van der Waals surface area contributed by atoms with Gasteiger partial charge in [-0.2, -0.15) is 8.42 Å². The summed E-state index contributed by atoms with van der Waals surface area (Å²) in [5.74, 6) is 0. The summed E-state index contributed by atoms with van der Waals surface area (Å²) in [5.41, 5.74) is 1.00. The highest BCUT2D eigenvalue weighted by molar-refractivity contribution is 7.86. The van der Waals surface area contributed by atoms with Crippen LogP contribution in [0.1, 0.15) is 38.2 Å². The minimum Gasteiger partial charge on any atom is -0.394 e. The number of unbranched alkanes of at least 4 members (excludes halogenated alkanes) is 3. The van der Waals surface area contributed by atoms with E-state index in [0.29, 0.717) is 0 Å². The molecule has 0 atom stereocenters. The van der Waals surface area contributed by atoms with Crippen LogP contribution in [-0.2, 0) is 20.7 Å². The Morgan fingerprint density at radius 1 is 1.21 bits per heavy atom. The first kappa shape index (κ1) is 16.1. The zero-order valence-corrected chi connectivity index (χ0v) is 12.2. The van der Waals surface area contributed by atoms with Gasteiger partial charge in [-0.05, 0) is 30.5 Å². The lowest BCUT2D eigenvalue weighted by Crippen LogP contribution is -2.10. The van der Waals surface area contributed by atoms with Crippen LogP contribution in [0.25, 0.3) is 0 Å². The van der Waals surface area contributed by atoms with Gasteiger partial charge in [0.1, 0.15) is 0 Å². The lowest BCUT2D eigenvalue weighted by atomic mass is 10.1. The Labute approximate surface area is 115 Å². The van der Waals surface area contributed by atoms with E-state index in [0.717, 1.165) is 24.8 Å². The maximum atomic E-state index is 11.8. The molecule has 0 spiro atoms. The third-order valence-electron chi connectivity index (χ3n) is 2.84. The molecule has 0 aliphatic rings. The minimum atomic E-state index is -3.74. The molecule has 1 rings (SSSR count). The van der Waals surface area contributed by atoms with Crippen molar-refractivity contribution >= 4 is 10.1 Å². The van der Waals surface area contributed by atoms with E-state index in [-0.39, 0.29) is 18.1 Å². The third-order valence-corrected chi connectivity index (χ3v) is 4.14. The second-order valence-corrected chi connectivity index (χ2v) is 6.07. The van der Waals surface area contributed by atoms with Crippen molar-refractivity contribution in [3.63, 3.8) is 0 Å². The van der Waals surface area contributed by atoms with Crippen molar-refractivity contribution in [2.24, 2.45) is 0 Å². The highest BCUT2D eigenvalue weighted by Gasteiger charge is 2.14. The molecule has 0 bridgehead atoms. The summed E-state index contributed by atoms with van der Waals surface area (Å²) in [6.45, 7) is 1.64. The molecule has 0 unspecified atom stereocenters. The lowest BCUT2D eigenvalue weighted by Gasteiger charge is -2.06. The first-order chi connectivity index (χ1) is 9.10. The van der Waals surface area contributed by atoms with E-state index in [9.17, 15) is 8.42 Å². The smallest absolute Gasteiger partial charge is 0.297 e. The maximum Gasteiger partial charge on any atom is 0.297 e. The number of aryl methyl sites for hydroxylation is 1. The zero-order valence-electron chi connectivity index (χ0n) is 11.3. The Hall–Kier alpha value is -0.910. The fourth-order valence-corrected chi connectivity index (χ4v) is 2.80. The Bertz CT molecular complexity index is 468.